The first kappa shape index (κ1) is 17.8. The number of rotatable bonds is 6. The SMILES string of the molecule is O=C(c1ccccc1OCc1ccccc1)C1OC1c1ccc2c(c1)OCCO2. The molecule has 0 N–H and O–H groups in total. The van der Waals surface area contributed by atoms with Gasteiger partial charge in [0, 0.05) is 0 Å². The number of fused-ring (bicyclic) bond motifs is 1. The predicted molar refractivity (Wildman–Crippen MR) is 107 cm³/mol. The first-order valence-electron chi connectivity index (χ1n) is 9.64. The fourth-order valence-corrected chi connectivity index (χ4v) is 3.49. The lowest BCUT2D eigenvalue weighted by atomic mass is 10.0. The van der Waals surface area contributed by atoms with E-state index in [4.69, 9.17) is 18.9 Å². The lowest BCUT2D eigenvalue weighted by molar-refractivity contribution is 0.0949. The number of hydrogen-bond acceptors (Lipinski definition) is 5. The molecule has 146 valence electrons. The minimum absolute atomic E-state index is 0.0754. The van der Waals surface area contributed by atoms with E-state index in [0.29, 0.717) is 36.9 Å². The molecule has 2 atom stereocenters. The summed E-state index contributed by atoms with van der Waals surface area (Å²) >= 11 is 0. The van der Waals surface area contributed by atoms with Crippen molar-refractivity contribution in [2.75, 3.05) is 13.2 Å². The highest BCUT2D eigenvalue weighted by Gasteiger charge is 2.47. The van der Waals surface area contributed by atoms with Crippen LogP contribution in [0.15, 0.2) is 72.8 Å². The molecule has 3 aromatic carbocycles. The standard InChI is InChI=1S/C24H20O5/c25-22(18-8-4-5-9-19(18)28-15-16-6-2-1-3-7-16)24-23(29-24)17-10-11-20-21(14-17)27-13-12-26-20/h1-11,14,23-24H,12-13,15H2. The van der Waals surface area contributed by atoms with Crippen LogP contribution in [0.2, 0.25) is 0 Å². The Bertz CT molecular complexity index is 1030. The van der Waals surface area contributed by atoms with Crippen molar-refractivity contribution in [3.8, 4) is 17.2 Å². The number of carbonyl (C=O) groups is 1. The Hall–Kier alpha value is -3.31. The molecule has 5 heteroatoms. The summed E-state index contributed by atoms with van der Waals surface area (Å²) < 4.78 is 22.8. The van der Waals surface area contributed by atoms with E-state index >= 15 is 0 Å². The summed E-state index contributed by atoms with van der Waals surface area (Å²) in [5.41, 5.74) is 2.50. The van der Waals surface area contributed by atoms with Crippen LogP contribution in [0, 0.1) is 0 Å². The average molecular weight is 388 g/mol. The van der Waals surface area contributed by atoms with Crippen LogP contribution in [0.25, 0.3) is 0 Å². The van der Waals surface area contributed by atoms with E-state index in [0.717, 1.165) is 16.9 Å². The van der Waals surface area contributed by atoms with Gasteiger partial charge in [0.1, 0.15) is 31.7 Å². The highest BCUT2D eigenvalue weighted by Crippen LogP contribution is 2.44. The molecule has 0 aliphatic carbocycles. The van der Waals surface area contributed by atoms with Crippen LogP contribution in [0.3, 0.4) is 0 Å². The predicted octanol–water partition coefficient (Wildman–Crippen LogP) is 4.36. The van der Waals surface area contributed by atoms with E-state index in [9.17, 15) is 4.79 Å². The van der Waals surface area contributed by atoms with E-state index in [1.807, 2.05) is 66.7 Å². The Kier molecular flexibility index (Phi) is 4.66. The summed E-state index contributed by atoms with van der Waals surface area (Å²) in [5.74, 6) is 1.91. The maximum atomic E-state index is 13.1. The summed E-state index contributed by atoms with van der Waals surface area (Å²) in [4.78, 5) is 13.1. The Morgan fingerprint density at radius 1 is 0.897 bits per heavy atom. The van der Waals surface area contributed by atoms with Crippen LogP contribution < -0.4 is 14.2 Å². The van der Waals surface area contributed by atoms with Gasteiger partial charge in [-0.05, 0) is 35.4 Å². The van der Waals surface area contributed by atoms with Crippen LogP contribution >= 0.6 is 0 Å². The van der Waals surface area contributed by atoms with Crippen molar-refractivity contribution in [2.45, 2.75) is 18.8 Å². The molecule has 5 nitrogen and oxygen atoms in total. The second-order valence-electron chi connectivity index (χ2n) is 7.02. The van der Waals surface area contributed by atoms with Gasteiger partial charge < -0.3 is 18.9 Å². The molecule has 0 bridgehead atoms. The summed E-state index contributed by atoms with van der Waals surface area (Å²) in [6.07, 6.45) is -0.792. The number of hydrogen-bond donors (Lipinski definition) is 0. The first-order chi connectivity index (χ1) is 14.3. The average Bonchev–Trinajstić information content (AvgIpc) is 3.59. The Morgan fingerprint density at radius 2 is 1.66 bits per heavy atom. The van der Waals surface area contributed by atoms with Crippen molar-refractivity contribution in [2.24, 2.45) is 0 Å². The molecule has 2 aliphatic heterocycles. The molecule has 2 heterocycles. The van der Waals surface area contributed by atoms with Gasteiger partial charge in [0.2, 0.25) is 0 Å². The van der Waals surface area contributed by atoms with Gasteiger partial charge in [-0.1, -0.05) is 48.5 Å². The molecule has 3 aromatic rings. The fraction of sp³-hybridized carbons (Fsp3) is 0.208. The highest BCUT2D eigenvalue weighted by atomic mass is 16.6. The number of ether oxygens (including phenoxy) is 4. The van der Waals surface area contributed by atoms with E-state index in [1.165, 1.54) is 0 Å². The van der Waals surface area contributed by atoms with Crippen LogP contribution in [-0.4, -0.2) is 25.1 Å². The zero-order chi connectivity index (χ0) is 19.6. The molecule has 2 aliphatic rings. The van der Waals surface area contributed by atoms with Crippen molar-refractivity contribution in [1.29, 1.82) is 0 Å². The van der Waals surface area contributed by atoms with Crippen molar-refractivity contribution >= 4 is 5.78 Å². The van der Waals surface area contributed by atoms with Crippen LogP contribution in [0.4, 0.5) is 0 Å². The molecule has 5 rings (SSSR count). The van der Waals surface area contributed by atoms with Crippen molar-refractivity contribution in [3.63, 3.8) is 0 Å². The lowest BCUT2D eigenvalue weighted by Crippen LogP contribution is -2.15. The third-order valence-corrected chi connectivity index (χ3v) is 5.03. The third kappa shape index (κ3) is 3.69. The Morgan fingerprint density at radius 3 is 2.52 bits per heavy atom. The molecule has 2 unspecified atom stereocenters. The zero-order valence-corrected chi connectivity index (χ0v) is 15.7. The normalized spacial score (nSPS) is 19.4. The van der Waals surface area contributed by atoms with Crippen LogP contribution in [0.5, 0.6) is 17.2 Å². The van der Waals surface area contributed by atoms with E-state index < -0.39 is 6.10 Å². The van der Waals surface area contributed by atoms with Gasteiger partial charge in [-0.2, -0.15) is 0 Å². The molecule has 1 saturated heterocycles. The van der Waals surface area contributed by atoms with Gasteiger partial charge in [-0.3, -0.25) is 4.79 Å². The molecular weight excluding hydrogens is 368 g/mol. The number of para-hydroxylation sites is 1. The molecule has 0 amide bonds. The molecule has 0 spiro atoms. The van der Waals surface area contributed by atoms with E-state index in [-0.39, 0.29) is 11.9 Å². The monoisotopic (exact) mass is 388 g/mol. The summed E-state index contributed by atoms with van der Waals surface area (Å²) in [6, 6.07) is 22.9. The maximum absolute atomic E-state index is 13.1. The highest BCUT2D eigenvalue weighted by molar-refractivity contribution is 6.03. The Labute approximate surface area is 168 Å². The zero-order valence-electron chi connectivity index (χ0n) is 15.7. The topological polar surface area (TPSA) is 57.3 Å². The van der Waals surface area contributed by atoms with Crippen LogP contribution in [0.1, 0.15) is 27.6 Å². The number of ketones is 1. The van der Waals surface area contributed by atoms with Crippen LogP contribution in [-0.2, 0) is 11.3 Å². The summed E-state index contributed by atoms with van der Waals surface area (Å²) in [7, 11) is 0. The molecule has 1 fully saturated rings. The number of Topliss-reactive ketones (excluding diaryl/α,β-unsaturated/α-hetero) is 1. The van der Waals surface area contributed by atoms with Crippen molar-refractivity contribution in [1.82, 2.24) is 0 Å². The summed E-state index contributed by atoms with van der Waals surface area (Å²) in [5, 5.41) is 0. The third-order valence-electron chi connectivity index (χ3n) is 5.03. The number of epoxide rings is 1. The minimum Gasteiger partial charge on any atom is -0.488 e. The molecule has 29 heavy (non-hydrogen) atoms. The van der Waals surface area contributed by atoms with Gasteiger partial charge in [0.25, 0.3) is 0 Å². The minimum atomic E-state index is -0.515. The molecular formula is C24H20O5. The number of benzene rings is 3. The molecule has 0 aromatic heterocycles. The van der Waals surface area contributed by atoms with E-state index in [1.54, 1.807) is 6.07 Å². The number of carbonyl (C=O) groups excluding carboxylic acids is 1. The smallest absolute Gasteiger partial charge is 0.198 e. The van der Waals surface area contributed by atoms with Gasteiger partial charge in [-0.25, -0.2) is 0 Å². The second kappa shape index (κ2) is 7.60. The second-order valence-corrected chi connectivity index (χ2v) is 7.02. The van der Waals surface area contributed by atoms with Gasteiger partial charge >= 0.3 is 0 Å². The fourth-order valence-electron chi connectivity index (χ4n) is 3.49. The van der Waals surface area contributed by atoms with Gasteiger partial charge in [0.05, 0.1) is 5.56 Å². The molecule has 0 saturated carbocycles. The quantitative estimate of drug-likeness (QED) is 0.464. The van der Waals surface area contributed by atoms with Gasteiger partial charge in [0.15, 0.2) is 23.4 Å². The first-order valence-corrected chi connectivity index (χ1v) is 9.64. The van der Waals surface area contributed by atoms with E-state index in [2.05, 4.69) is 0 Å². The van der Waals surface area contributed by atoms with Crippen molar-refractivity contribution in [3.05, 3.63) is 89.5 Å². The Balaban J connectivity index is 1.30. The van der Waals surface area contributed by atoms with Crippen molar-refractivity contribution < 1.29 is 23.7 Å². The molecule has 0 radical (unpaired) electrons. The largest absolute Gasteiger partial charge is 0.488 e. The maximum Gasteiger partial charge on any atom is 0.198 e. The van der Waals surface area contributed by atoms with Gasteiger partial charge in [-0.15, -0.1) is 0 Å². The summed E-state index contributed by atoms with van der Waals surface area (Å²) in [6.45, 7) is 1.48. The lowest BCUT2D eigenvalue weighted by Gasteiger charge is -2.18.